The number of ether oxygens (including phenoxy) is 1. The molecule has 7 heteroatoms. The highest BCUT2D eigenvalue weighted by atomic mass is 16.6. The summed E-state index contributed by atoms with van der Waals surface area (Å²) in [4.78, 5) is 25.7. The molecule has 0 N–H and O–H groups in total. The molecule has 0 atom stereocenters. The maximum atomic E-state index is 12.9. The molecule has 0 radical (unpaired) electrons. The van der Waals surface area contributed by atoms with Crippen LogP contribution in [-0.4, -0.2) is 63.3 Å². The van der Waals surface area contributed by atoms with Crippen LogP contribution in [-0.2, 0) is 19.2 Å². The molecule has 0 aliphatic heterocycles. The van der Waals surface area contributed by atoms with Crippen molar-refractivity contribution in [2.75, 3.05) is 33.9 Å². The Balaban J connectivity index is 2.18. The van der Waals surface area contributed by atoms with Gasteiger partial charge in [0, 0.05) is 25.4 Å². The van der Waals surface area contributed by atoms with Gasteiger partial charge < -0.3 is 19.3 Å². The summed E-state index contributed by atoms with van der Waals surface area (Å²) in [5.74, 6) is 1.30. The molecule has 0 unspecified atom stereocenters. The summed E-state index contributed by atoms with van der Waals surface area (Å²) in [6, 6.07) is 0. The summed E-state index contributed by atoms with van der Waals surface area (Å²) in [6.07, 6.45) is 41.0. The lowest BCUT2D eigenvalue weighted by Gasteiger charge is -2.36. The first-order valence-electron chi connectivity index (χ1n) is 20.5. The van der Waals surface area contributed by atoms with Crippen LogP contribution in [0.4, 0.5) is 0 Å². The molecule has 1 fully saturated rings. The van der Waals surface area contributed by atoms with E-state index in [0.717, 1.165) is 76.7 Å². The van der Waals surface area contributed by atoms with Crippen LogP contribution in [0.25, 0.3) is 0 Å². The van der Waals surface area contributed by atoms with Crippen LogP contribution in [0.3, 0.4) is 0 Å². The second-order valence-corrected chi connectivity index (χ2v) is 14.6. The zero-order chi connectivity index (χ0) is 35.5. The molecule has 49 heavy (non-hydrogen) atoms. The van der Waals surface area contributed by atoms with Gasteiger partial charge in [0.1, 0.15) is 19.3 Å². The zero-order valence-corrected chi connectivity index (χ0v) is 32.5. The molecule has 284 valence electrons. The van der Waals surface area contributed by atoms with Crippen LogP contribution in [0.5, 0.6) is 0 Å². The van der Waals surface area contributed by atoms with Gasteiger partial charge in [-0.15, -0.1) is 0 Å². The number of allylic oxidation sites excluding steroid dienone is 2. The van der Waals surface area contributed by atoms with Crippen molar-refractivity contribution in [3.63, 3.8) is 0 Å². The van der Waals surface area contributed by atoms with Gasteiger partial charge in [-0.2, -0.15) is 0 Å². The fourth-order valence-corrected chi connectivity index (χ4v) is 6.47. The van der Waals surface area contributed by atoms with Gasteiger partial charge in [0.05, 0.1) is 0 Å². The van der Waals surface area contributed by atoms with E-state index in [-0.39, 0.29) is 12.1 Å². The SMILES string of the molecule is CCCC/C=C/CO/N=C\CCCCCCCCC(CCCCCCCC/C=N\OC/C=C/CCCC)OC(=O)CC1CC(CN(C)C)C1. The standard InChI is InChI=1S/C42H77N3O4/c1-5-7-9-21-27-33-47-43-31-25-19-15-11-13-17-23-29-41(49-42(46)37-39-35-40(36-39)38-45(3)4)30-24-18-14-12-16-20-26-32-44-48-34-28-22-10-8-6-2/h21-22,27-28,31-32,39-41H,5-20,23-26,29-30,33-38H2,1-4H3/b27-21+,28-22+,43-31-,44-32-. The van der Waals surface area contributed by atoms with Gasteiger partial charge in [-0.3, -0.25) is 4.79 Å². The third-order valence-electron chi connectivity index (χ3n) is 9.35. The first-order chi connectivity index (χ1) is 24.0. The number of nitrogens with zero attached hydrogens (tertiary/aromatic N) is 3. The Hall–Kier alpha value is -2.15. The number of carbonyl (C=O) groups excluding carboxylic acids is 1. The molecule has 1 saturated carbocycles. The Morgan fingerprint density at radius 2 is 1.10 bits per heavy atom. The lowest BCUT2D eigenvalue weighted by molar-refractivity contribution is -0.152. The van der Waals surface area contributed by atoms with Crippen molar-refractivity contribution >= 4 is 18.4 Å². The molecule has 0 amide bonds. The minimum Gasteiger partial charge on any atom is -0.462 e. The van der Waals surface area contributed by atoms with Crippen molar-refractivity contribution in [2.24, 2.45) is 22.1 Å². The fraction of sp³-hybridized carbons (Fsp3) is 0.833. The molecule has 0 spiro atoms. The first-order valence-corrected chi connectivity index (χ1v) is 20.5. The molecule has 1 aliphatic carbocycles. The molecule has 0 bridgehead atoms. The van der Waals surface area contributed by atoms with Gasteiger partial charge in [0.15, 0.2) is 0 Å². The van der Waals surface area contributed by atoms with Crippen LogP contribution >= 0.6 is 0 Å². The number of carbonyl (C=O) groups is 1. The van der Waals surface area contributed by atoms with E-state index in [1.165, 1.54) is 89.9 Å². The van der Waals surface area contributed by atoms with E-state index < -0.39 is 0 Å². The third-order valence-corrected chi connectivity index (χ3v) is 9.35. The molecule has 0 aromatic heterocycles. The highest BCUT2D eigenvalue weighted by Gasteiger charge is 2.31. The second-order valence-electron chi connectivity index (χ2n) is 14.6. The lowest BCUT2D eigenvalue weighted by Crippen LogP contribution is -2.34. The van der Waals surface area contributed by atoms with E-state index in [9.17, 15) is 4.79 Å². The van der Waals surface area contributed by atoms with Crippen LogP contribution < -0.4 is 0 Å². The van der Waals surface area contributed by atoms with E-state index in [4.69, 9.17) is 14.4 Å². The second kappa shape index (κ2) is 34.3. The Morgan fingerprint density at radius 1 is 0.633 bits per heavy atom. The summed E-state index contributed by atoms with van der Waals surface area (Å²) < 4.78 is 6.11. The van der Waals surface area contributed by atoms with E-state index in [0.29, 0.717) is 25.6 Å². The number of esters is 1. The van der Waals surface area contributed by atoms with Crippen molar-refractivity contribution in [1.29, 1.82) is 0 Å². The molecule has 7 nitrogen and oxygen atoms in total. The van der Waals surface area contributed by atoms with E-state index >= 15 is 0 Å². The molecule has 0 saturated heterocycles. The van der Waals surface area contributed by atoms with Gasteiger partial charge >= 0.3 is 5.97 Å². The molecule has 1 rings (SSSR count). The van der Waals surface area contributed by atoms with Crippen molar-refractivity contribution in [3.05, 3.63) is 24.3 Å². The first kappa shape index (κ1) is 44.9. The summed E-state index contributed by atoms with van der Waals surface area (Å²) in [5.41, 5.74) is 0. The van der Waals surface area contributed by atoms with Crippen molar-refractivity contribution in [1.82, 2.24) is 4.90 Å². The Labute approximate surface area is 302 Å². The molecular weight excluding hydrogens is 610 g/mol. The topological polar surface area (TPSA) is 72.7 Å². The number of hydrogen-bond donors (Lipinski definition) is 0. The van der Waals surface area contributed by atoms with Crippen LogP contribution in [0.15, 0.2) is 34.6 Å². The van der Waals surface area contributed by atoms with Crippen molar-refractivity contribution < 1.29 is 19.2 Å². The Kier molecular flexibility index (Phi) is 31.4. The summed E-state index contributed by atoms with van der Waals surface area (Å²) >= 11 is 0. The molecule has 0 aromatic carbocycles. The average molecular weight is 688 g/mol. The van der Waals surface area contributed by atoms with E-state index in [1.54, 1.807) is 0 Å². The quantitative estimate of drug-likeness (QED) is 0.0218. The Bertz CT molecular complexity index is 803. The number of unbranched alkanes of at least 4 members (excludes halogenated alkanes) is 16. The van der Waals surface area contributed by atoms with Gasteiger partial charge in [-0.05, 0) is 115 Å². The maximum Gasteiger partial charge on any atom is 0.306 e. The molecule has 0 heterocycles. The summed E-state index contributed by atoms with van der Waals surface area (Å²) in [6.45, 7) is 6.68. The third kappa shape index (κ3) is 30.4. The van der Waals surface area contributed by atoms with Crippen LogP contribution in [0.2, 0.25) is 0 Å². The summed E-state index contributed by atoms with van der Waals surface area (Å²) in [5, 5.41) is 8.13. The number of rotatable bonds is 35. The largest absolute Gasteiger partial charge is 0.462 e. The highest BCUT2D eigenvalue weighted by molar-refractivity contribution is 5.70. The van der Waals surface area contributed by atoms with Crippen LogP contribution in [0.1, 0.15) is 174 Å². The summed E-state index contributed by atoms with van der Waals surface area (Å²) in [7, 11) is 4.27. The maximum absolute atomic E-state index is 12.9. The van der Waals surface area contributed by atoms with Crippen molar-refractivity contribution in [2.45, 2.75) is 180 Å². The van der Waals surface area contributed by atoms with Gasteiger partial charge in [0.25, 0.3) is 0 Å². The van der Waals surface area contributed by atoms with E-state index in [2.05, 4.69) is 67.5 Å². The normalized spacial score (nSPS) is 16.6. The number of oxime groups is 2. The highest BCUT2D eigenvalue weighted by Crippen LogP contribution is 2.36. The van der Waals surface area contributed by atoms with Gasteiger partial charge in [0.2, 0.25) is 0 Å². The molecule has 1 aliphatic rings. The zero-order valence-electron chi connectivity index (χ0n) is 32.5. The van der Waals surface area contributed by atoms with Crippen molar-refractivity contribution in [3.8, 4) is 0 Å². The molecular formula is C42H77N3O4. The number of hydrogen-bond acceptors (Lipinski definition) is 7. The predicted octanol–water partition coefficient (Wildman–Crippen LogP) is 11.6. The monoisotopic (exact) mass is 688 g/mol. The molecule has 0 aromatic rings. The smallest absolute Gasteiger partial charge is 0.306 e. The minimum absolute atomic E-state index is 0.0367. The van der Waals surface area contributed by atoms with E-state index in [1.807, 2.05) is 12.4 Å². The lowest BCUT2D eigenvalue weighted by atomic mass is 9.73. The minimum atomic E-state index is 0.0367. The predicted molar refractivity (Wildman–Crippen MR) is 209 cm³/mol. The Morgan fingerprint density at radius 3 is 1.57 bits per heavy atom. The van der Waals surface area contributed by atoms with Gasteiger partial charge in [-0.25, -0.2) is 0 Å². The fourth-order valence-electron chi connectivity index (χ4n) is 6.47. The van der Waals surface area contributed by atoms with Crippen LogP contribution in [0, 0.1) is 11.8 Å². The average Bonchev–Trinajstić information content (AvgIpc) is 3.06. The van der Waals surface area contributed by atoms with Gasteiger partial charge in [-0.1, -0.05) is 113 Å².